The fourth-order valence-corrected chi connectivity index (χ4v) is 4.82. The summed E-state index contributed by atoms with van der Waals surface area (Å²) in [5.41, 5.74) is 1.32. The van der Waals surface area contributed by atoms with Gasteiger partial charge in [0.15, 0.2) is 0 Å². The Kier molecular flexibility index (Phi) is 16.2. The molecule has 0 aromatic carbocycles. The van der Waals surface area contributed by atoms with Crippen LogP contribution < -0.4 is 0 Å². The van der Waals surface area contributed by atoms with Crippen molar-refractivity contribution in [2.24, 2.45) is 0 Å². The van der Waals surface area contributed by atoms with Gasteiger partial charge < -0.3 is 9.84 Å². The van der Waals surface area contributed by atoms with Crippen molar-refractivity contribution >= 4 is 14.0 Å². The van der Waals surface area contributed by atoms with Crippen molar-refractivity contribution in [2.75, 3.05) is 13.2 Å². The predicted molar refractivity (Wildman–Crippen MR) is 115 cm³/mol. The Hall–Kier alpha value is -0.613. The summed E-state index contributed by atoms with van der Waals surface area (Å²) >= 11 is 0. The van der Waals surface area contributed by atoms with Crippen LogP contribution in [0.3, 0.4) is 0 Å². The lowest BCUT2D eigenvalue weighted by molar-refractivity contribution is -0.139. The third-order valence-electron chi connectivity index (χ3n) is 4.51. The number of hydrogen-bond acceptors (Lipinski definition) is 3. The Morgan fingerprint density at radius 1 is 0.846 bits per heavy atom. The number of ether oxygens (including phenoxy) is 1. The van der Waals surface area contributed by atoms with E-state index in [9.17, 15) is 4.79 Å². The zero-order valence-electron chi connectivity index (χ0n) is 17.9. The second-order valence-corrected chi connectivity index (χ2v) is 14.3. The van der Waals surface area contributed by atoms with Gasteiger partial charge in [-0.15, -0.1) is 0 Å². The van der Waals surface area contributed by atoms with Crippen LogP contribution in [0.4, 0.5) is 0 Å². The lowest BCUT2D eigenvalue weighted by Crippen LogP contribution is -2.21. The molecule has 0 bridgehead atoms. The van der Waals surface area contributed by atoms with Crippen LogP contribution in [-0.2, 0) is 9.53 Å². The monoisotopic (exact) mass is 384 g/mol. The minimum atomic E-state index is -1.17. The number of aliphatic hydroxyl groups excluding tert-OH is 1. The molecule has 0 heterocycles. The summed E-state index contributed by atoms with van der Waals surface area (Å²) in [7, 11) is -1.17. The number of allylic oxidation sites excluding steroid dienone is 1. The van der Waals surface area contributed by atoms with Gasteiger partial charge in [-0.3, -0.25) is 4.79 Å². The second kappa shape index (κ2) is 16.6. The van der Waals surface area contributed by atoms with E-state index in [1.54, 1.807) is 0 Å². The fourth-order valence-electron chi connectivity index (χ4n) is 3.21. The van der Waals surface area contributed by atoms with E-state index in [1.807, 2.05) is 0 Å². The average Bonchev–Trinajstić information content (AvgIpc) is 2.55. The largest absolute Gasteiger partial charge is 0.461 e. The zero-order valence-corrected chi connectivity index (χ0v) is 18.9. The van der Waals surface area contributed by atoms with Gasteiger partial charge in [0.05, 0.1) is 0 Å². The van der Waals surface area contributed by atoms with Crippen molar-refractivity contribution in [3.05, 3.63) is 11.6 Å². The molecule has 3 nitrogen and oxygen atoms in total. The lowest BCUT2D eigenvalue weighted by Gasteiger charge is -2.18. The molecule has 0 atom stereocenters. The number of esters is 1. The number of aliphatic hydroxyl groups is 1. The quantitative estimate of drug-likeness (QED) is 0.135. The molecule has 0 rings (SSSR count). The first-order chi connectivity index (χ1) is 12.3. The number of carbonyl (C=O) groups excluding carboxylic acids is 1. The summed E-state index contributed by atoms with van der Waals surface area (Å²) in [6.07, 6.45) is 17.5. The molecule has 154 valence electrons. The highest BCUT2D eigenvalue weighted by Crippen LogP contribution is 2.18. The molecular weight excluding hydrogens is 340 g/mol. The van der Waals surface area contributed by atoms with E-state index in [-0.39, 0.29) is 5.97 Å². The van der Waals surface area contributed by atoms with Gasteiger partial charge in [-0.25, -0.2) is 0 Å². The van der Waals surface area contributed by atoms with Crippen molar-refractivity contribution in [1.82, 2.24) is 0 Å². The standard InChI is InChI=1S/C22H44O3Si/c1-21(24)25-19-22(20-26(2,3)4)17-15-13-11-9-7-5-6-8-10-12-14-16-18-23/h17,23H,5-16,18-20H2,1-4H3/b22-17-. The summed E-state index contributed by atoms with van der Waals surface area (Å²) in [5, 5.41) is 8.73. The molecule has 0 aliphatic carbocycles. The third kappa shape index (κ3) is 19.7. The Balaban J connectivity index is 3.69. The minimum absolute atomic E-state index is 0.181. The summed E-state index contributed by atoms with van der Waals surface area (Å²) in [4.78, 5) is 11.1. The third-order valence-corrected chi connectivity index (χ3v) is 6.03. The SMILES string of the molecule is CC(=O)OC/C(=C/CCCCCCCCCCCCCO)C[Si](C)(C)C. The van der Waals surface area contributed by atoms with E-state index < -0.39 is 8.07 Å². The maximum atomic E-state index is 11.1. The first-order valence-corrected chi connectivity index (χ1v) is 14.5. The first-order valence-electron chi connectivity index (χ1n) is 10.8. The Bertz CT molecular complexity index is 372. The van der Waals surface area contributed by atoms with Gasteiger partial charge in [0.1, 0.15) is 6.61 Å². The molecule has 0 amide bonds. The maximum Gasteiger partial charge on any atom is 0.302 e. The molecule has 4 heteroatoms. The van der Waals surface area contributed by atoms with E-state index in [4.69, 9.17) is 9.84 Å². The summed E-state index contributed by atoms with van der Waals surface area (Å²) in [6.45, 7) is 9.40. The molecule has 0 saturated heterocycles. The molecule has 0 saturated carbocycles. The molecular formula is C22H44O3Si. The molecule has 0 aromatic heterocycles. The van der Waals surface area contributed by atoms with Crippen molar-refractivity contribution in [3.63, 3.8) is 0 Å². The highest BCUT2D eigenvalue weighted by atomic mass is 28.3. The van der Waals surface area contributed by atoms with E-state index in [2.05, 4.69) is 25.7 Å². The second-order valence-electron chi connectivity index (χ2n) is 8.78. The number of carbonyl (C=O) groups is 1. The molecule has 0 fully saturated rings. The lowest BCUT2D eigenvalue weighted by atomic mass is 10.0. The van der Waals surface area contributed by atoms with Gasteiger partial charge in [0, 0.05) is 21.6 Å². The number of hydrogen-bond donors (Lipinski definition) is 1. The Morgan fingerprint density at radius 2 is 1.31 bits per heavy atom. The van der Waals surface area contributed by atoms with Crippen LogP contribution >= 0.6 is 0 Å². The number of unbranched alkanes of at least 4 members (excludes halogenated alkanes) is 11. The molecule has 0 aliphatic heterocycles. The number of rotatable bonds is 17. The average molecular weight is 385 g/mol. The van der Waals surface area contributed by atoms with E-state index >= 15 is 0 Å². The van der Waals surface area contributed by atoms with Crippen LogP contribution in [-0.4, -0.2) is 32.4 Å². The van der Waals surface area contributed by atoms with E-state index in [0.717, 1.165) is 18.9 Å². The molecule has 0 aromatic rings. The van der Waals surface area contributed by atoms with E-state index in [1.165, 1.54) is 76.7 Å². The smallest absolute Gasteiger partial charge is 0.302 e. The van der Waals surface area contributed by atoms with Gasteiger partial charge in [-0.1, -0.05) is 83.5 Å². The zero-order chi connectivity index (χ0) is 19.7. The highest BCUT2D eigenvalue weighted by Gasteiger charge is 2.16. The Morgan fingerprint density at radius 3 is 1.73 bits per heavy atom. The van der Waals surface area contributed by atoms with E-state index in [0.29, 0.717) is 13.2 Å². The van der Waals surface area contributed by atoms with Gasteiger partial charge in [-0.2, -0.15) is 0 Å². The van der Waals surface area contributed by atoms with Gasteiger partial charge in [0.25, 0.3) is 0 Å². The fraction of sp³-hybridized carbons (Fsp3) is 0.864. The first kappa shape index (κ1) is 25.4. The normalized spacial score (nSPS) is 12.4. The highest BCUT2D eigenvalue weighted by molar-refractivity contribution is 6.76. The molecule has 0 radical (unpaired) electrons. The topological polar surface area (TPSA) is 46.5 Å². The van der Waals surface area contributed by atoms with Crippen molar-refractivity contribution in [3.8, 4) is 0 Å². The summed E-state index contributed by atoms with van der Waals surface area (Å²) < 4.78 is 5.22. The summed E-state index contributed by atoms with van der Waals surface area (Å²) in [6, 6.07) is 1.12. The summed E-state index contributed by atoms with van der Waals surface area (Å²) in [5.74, 6) is -0.181. The molecule has 0 aliphatic rings. The minimum Gasteiger partial charge on any atom is -0.461 e. The van der Waals surface area contributed by atoms with Crippen LogP contribution in [0.5, 0.6) is 0 Å². The van der Waals surface area contributed by atoms with Crippen molar-refractivity contribution in [1.29, 1.82) is 0 Å². The molecule has 26 heavy (non-hydrogen) atoms. The van der Waals surface area contributed by atoms with Crippen LogP contribution in [0.25, 0.3) is 0 Å². The van der Waals surface area contributed by atoms with Crippen molar-refractivity contribution < 1.29 is 14.6 Å². The van der Waals surface area contributed by atoms with Crippen molar-refractivity contribution in [2.45, 2.75) is 110 Å². The van der Waals surface area contributed by atoms with Gasteiger partial charge in [0.2, 0.25) is 0 Å². The predicted octanol–water partition coefficient (Wildman–Crippen LogP) is 6.49. The van der Waals surface area contributed by atoms with Crippen LogP contribution in [0.1, 0.15) is 84.0 Å². The molecule has 1 N–H and O–H groups in total. The van der Waals surface area contributed by atoms with Gasteiger partial charge in [-0.05, 0) is 30.9 Å². The molecule has 0 spiro atoms. The van der Waals surface area contributed by atoms with Gasteiger partial charge >= 0.3 is 5.97 Å². The maximum absolute atomic E-state index is 11.1. The van der Waals surface area contributed by atoms with Crippen LogP contribution in [0, 0.1) is 0 Å². The molecule has 0 unspecified atom stereocenters. The van der Waals surface area contributed by atoms with Crippen LogP contribution in [0.2, 0.25) is 25.7 Å². The van der Waals surface area contributed by atoms with Crippen LogP contribution in [0.15, 0.2) is 11.6 Å². The Labute approximate surface area is 163 Å².